The number of ether oxygens (including phenoxy) is 1. The topological polar surface area (TPSA) is 176 Å². The number of nitrogens with one attached hydrogen (secondary N) is 1. The van der Waals surface area contributed by atoms with E-state index in [9.17, 15) is 24.3 Å². The number of hydrogen-bond donors (Lipinski definition) is 2. The molecule has 2 atom stereocenters. The Balaban J connectivity index is 0.00000423. The van der Waals surface area contributed by atoms with Crippen molar-refractivity contribution in [2.45, 2.75) is 17.5 Å². The van der Waals surface area contributed by atoms with Gasteiger partial charge in [-0.05, 0) is 11.1 Å². The van der Waals surface area contributed by atoms with Crippen LogP contribution in [0.2, 0.25) is 0 Å². The van der Waals surface area contributed by atoms with E-state index >= 15 is 0 Å². The van der Waals surface area contributed by atoms with Gasteiger partial charge in [-0.15, -0.1) is 23.1 Å². The molecule has 3 heterocycles. The maximum Gasteiger partial charge on any atom is 1.00 e. The molecule has 43 heavy (non-hydrogen) atoms. The number of aliphatic carboxylic acids is 1. The number of thiazole rings is 1. The van der Waals surface area contributed by atoms with E-state index in [4.69, 9.17) is 26.9 Å². The fraction of sp³-hybridized carbons (Fsp3) is 0.185. The van der Waals surface area contributed by atoms with Crippen molar-refractivity contribution in [3.05, 3.63) is 93.6 Å². The molecule has 3 aromatic rings. The number of benzene rings is 2. The molecule has 3 N–H and O–H groups in total. The van der Waals surface area contributed by atoms with Crippen molar-refractivity contribution in [2.24, 2.45) is 5.16 Å². The van der Waals surface area contributed by atoms with Gasteiger partial charge < -0.3 is 30.5 Å². The van der Waals surface area contributed by atoms with E-state index in [0.29, 0.717) is 0 Å². The van der Waals surface area contributed by atoms with Gasteiger partial charge in [0.15, 0.2) is 16.9 Å². The van der Waals surface area contributed by atoms with Crippen LogP contribution in [0.1, 0.15) is 22.9 Å². The molecule has 2 aromatic carbocycles. The second-order valence-corrected chi connectivity index (χ2v) is 11.3. The summed E-state index contributed by atoms with van der Waals surface area (Å²) in [6, 6.07) is 17.2. The van der Waals surface area contributed by atoms with Gasteiger partial charge >= 0.3 is 35.5 Å². The maximum absolute atomic E-state index is 13.2. The molecule has 216 valence electrons. The van der Waals surface area contributed by atoms with E-state index in [1.54, 1.807) is 0 Å². The predicted octanol–water partition coefficient (Wildman–Crippen LogP) is -1.62. The number of fused-ring (bicyclic) bond motifs is 1. The third kappa shape index (κ3) is 7.22. The average molecular weight is 650 g/mol. The Morgan fingerprint density at radius 3 is 2.33 bits per heavy atom. The Morgan fingerprint density at radius 1 is 1.14 bits per heavy atom. The number of anilines is 1. The number of amides is 2. The Labute approximate surface area is 280 Å². The van der Waals surface area contributed by atoms with Crippen LogP contribution in [-0.2, 0) is 28.8 Å². The van der Waals surface area contributed by atoms with Crippen LogP contribution in [-0.4, -0.2) is 63.1 Å². The molecule has 16 heteroatoms. The molecule has 0 aliphatic carbocycles. The predicted molar refractivity (Wildman–Crippen MR) is 153 cm³/mol. The monoisotopic (exact) mass is 649 g/mol. The molecule has 12 nitrogen and oxygen atoms in total. The maximum atomic E-state index is 13.2. The molecular formula is C27H21ClN5NaO7S2. The third-order valence-electron chi connectivity index (χ3n) is 6.17. The van der Waals surface area contributed by atoms with Crippen LogP contribution in [0, 0.1) is 0 Å². The number of β-lactam (4-membered cyclic amide) rings is 1. The minimum atomic E-state index is -1.59. The SMILES string of the molecule is Nc1nc(/C(=N\OCC(=O)OC(c2ccccc2)c2ccccc2)C(=O)NC2C(=O)N3C(C(=O)[O-])=C(Cl)CS[C@H]23)cs1.[Na+]. The molecule has 5 rings (SSSR count). The fourth-order valence-electron chi connectivity index (χ4n) is 4.28. The van der Waals surface area contributed by atoms with Gasteiger partial charge in [0.2, 0.25) is 6.61 Å². The van der Waals surface area contributed by atoms with E-state index in [-0.39, 0.29) is 56.9 Å². The zero-order chi connectivity index (χ0) is 29.8. The zero-order valence-electron chi connectivity index (χ0n) is 22.5. The molecule has 0 saturated carbocycles. The van der Waals surface area contributed by atoms with Crippen molar-refractivity contribution < 1.29 is 63.4 Å². The number of oxime groups is 1. The van der Waals surface area contributed by atoms with E-state index < -0.39 is 53.6 Å². The van der Waals surface area contributed by atoms with E-state index in [1.807, 2.05) is 60.7 Å². The fourth-order valence-corrected chi connectivity index (χ4v) is 6.38. The van der Waals surface area contributed by atoms with Crippen molar-refractivity contribution in [2.75, 3.05) is 18.1 Å². The van der Waals surface area contributed by atoms with Crippen LogP contribution in [0.5, 0.6) is 0 Å². The van der Waals surface area contributed by atoms with Gasteiger partial charge in [-0.1, -0.05) is 77.4 Å². The summed E-state index contributed by atoms with van der Waals surface area (Å²) < 4.78 is 5.69. The first-order chi connectivity index (χ1) is 20.2. The number of carbonyl (C=O) groups excluding carboxylic acids is 4. The average Bonchev–Trinajstić information content (AvgIpc) is 3.42. The standard InChI is InChI=1S/C27H22ClN5O7S2.Na/c28-16-12-41-25-20(24(36)33(25)21(16)26(37)38)31-23(35)19(17-13-42-27(29)30-17)32-39-11-18(34)40-22(14-7-3-1-4-8-14)15-9-5-2-6-10-15;/h1-10,13,20,22,25H,11-12H2,(H2,29,30)(H,31,35)(H,37,38);/q;+1/p-1/b32-19+;/t20?,25-;/m1./s1. The normalized spacial score (nSPS) is 17.9. The summed E-state index contributed by atoms with van der Waals surface area (Å²) in [4.78, 5) is 60.4. The molecule has 0 radical (unpaired) electrons. The molecule has 1 fully saturated rings. The Morgan fingerprint density at radius 2 is 1.77 bits per heavy atom. The minimum absolute atomic E-state index is 0. The summed E-state index contributed by atoms with van der Waals surface area (Å²) in [5.41, 5.74) is 6.49. The number of carbonyl (C=O) groups is 4. The van der Waals surface area contributed by atoms with E-state index in [2.05, 4.69) is 15.5 Å². The van der Waals surface area contributed by atoms with Crippen LogP contribution >= 0.6 is 34.7 Å². The second-order valence-electron chi connectivity index (χ2n) is 8.88. The summed E-state index contributed by atoms with van der Waals surface area (Å²) in [5.74, 6) is -3.77. The van der Waals surface area contributed by atoms with Crippen LogP contribution in [0.15, 0.2) is 81.9 Å². The van der Waals surface area contributed by atoms with Crippen molar-refractivity contribution in [1.29, 1.82) is 0 Å². The number of rotatable bonds is 10. The summed E-state index contributed by atoms with van der Waals surface area (Å²) in [7, 11) is 0. The Bertz CT molecular complexity index is 1550. The van der Waals surface area contributed by atoms with Gasteiger partial charge in [0.05, 0.1) is 16.7 Å². The number of halogens is 1. The number of esters is 1. The summed E-state index contributed by atoms with van der Waals surface area (Å²) in [5, 5.41) is 18.7. The van der Waals surface area contributed by atoms with Crippen LogP contribution < -0.4 is 45.7 Å². The smallest absolute Gasteiger partial charge is 0.543 e. The van der Waals surface area contributed by atoms with Gasteiger partial charge in [-0.2, -0.15) is 0 Å². The molecule has 2 amide bonds. The van der Waals surface area contributed by atoms with E-state index in [0.717, 1.165) is 27.4 Å². The number of hydrogen-bond acceptors (Lipinski definition) is 12. The second kappa shape index (κ2) is 14.4. The third-order valence-corrected chi connectivity index (χ3v) is 8.60. The molecule has 0 bridgehead atoms. The molecule has 0 spiro atoms. The van der Waals surface area contributed by atoms with Gasteiger partial charge in [-0.3, -0.25) is 14.5 Å². The molecule has 2 aliphatic heterocycles. The van der Waals surface area contributed by atoms with Gasteiger partial charge in [0.1, 0.15) is 17.1 Å². The number of carboxylic acids is 1. The van der Waals surface area contributed by atoms with Crippen molar-refractivity contribution in [3.63, 3.8) is 0 Å². The minimum Gasteiger partial charge on any atom is -0.543 e. The largest absolute Gasteiger partial charge is 1.00 e. The van der Waals surface area contributed by atoms with Gasteiger partial charge in [-0.25, -0.2) is 9.78 Å². The number of aromatic nitrogens is 1. The summed E-state index contributed by atoms with van der Waals surface area (Å²) in [6.07, 6.45) is -0.706. The van der Waals surface area contributed by atoms with Crippen molar-refractivity contribution in [1.82, 2.24) is 15.2 Å². The van der Waals surface area contributed by atoms with Crippen LogP contribution in [0.3, 0.4) is 0 Å². The van der Waals surface area contributed by atoms with Crippen molar-refractivity contribution >= 4 is 69.3 Å². The van der Waals surface area contributed by atoms with Crippen LogP contribution in [0.25, 0.3) is 0 Å². The Kier molecular flexibility index (Phi) is 10.9. The van der Waals surface area contributed by atoms with Gasteiger partial charge in [0, 0.05) is 11.1 Å². The van der Waals surface area contributed by atoms with E-state index in [1.165, 1.54) is 17.1 Å². The summed E-state index contributed by atoms with van der Waals surface area (Å²) in [6.45, 7) is -0.639. The first-order valence-electron chi connectivity index (χ1n) is 12.3. The zero-order valence-corrected chi connectivity index (χ0v) is 26.9. The number of thioether (sulfide) groups is 1. The number of nitrogens with zero attached hydrogens (tertiary/aromatic N) is 3. The molecule has 1 unspecified atom stereocenters. The molecule has 1 saturated heterocycles. The number of nitrogens with two attached hydrogens (primary N) is 1. The number of carboxylic acid groups (broad SMARTS) is 1. The summed E-state index contributed by atoms with van der Waals surface area (Å²) >= 11 is 8.19. The molecule has 2 aliphatic rings. The quantitative estimate of drug-likeness (QED) is 0.0854. The Hall–Kier alpha value is -3.40. The van der Waals surface area contributed by atoms with Crippen molar-refractivity contribution in [3.8, 4) is 0 Å². The first-order valence-corrected chi connectivity index (χ1v) is 14.6. The molecule has 1 aromatic heterocycles. The molecular weight excluding hydrogens is 629 g/mol. The first kappa shape index (κ1) is 32.5. The number of nitrogen functional groups attached to an aromatic ring is 1. The van der Waals surface area contributed by atoms with Gasteiger partial charge in [0.25, 0.3) is 11.8 Å². The van der Waals surface area contributed by atoms with Crippen LogP contribution in [0.4, 0.5) is 5.13 Å².